The Morgan fingerprint density at radius 3 is 2.85 bits per heavy atom. The third-order valence-electron chi connectivity index (χ3n) is 5.19. The molecule has 1 aliphatic rings. The molecule has 1 aliphatic heterocycles. The molecule has 2 N–H and O–H groups in total. The van der Waals surface area contributed by atoms with Crippen molar-refractivity contribution in [2.75, 3.05) is 44.0 Å². The van der Waals surface area contributed by atoms with Gasteiger partial charge >= 0.3 is 0 Å². The summed E-state index contributed by atoms with van der Waals surface area (Å²) in [5.41, 5.74) is 1.99. The number of carbonyl (C=O) groups excluding carboxylic acids is 1. The van der Waals surface area contributed by atoms with Crippen molar-refractivity contribution in [1.82, 2.24) is 14.9 Å². The summed E-state index contributed by atoms with van der Waals surface area (Å²) in [4.78, 5) is 22.2. The minimum atomic E-state index is -0.497. The maximum atomic E-state index is 13.5. The second-order valence-corrected chi connectivity index (χ2v) is 7.88. The molecule has 2 aromatic carbocycles. The van der Waals surface area contributed by atoms with Gasteiger partial charge in [0.2, 0.25) is 5.91 Å². The fraction of sp³-hybridized carbons (Fsp3) is 0.261. The third kappa shape index (κ3) is 5.15. The van der Waals surface area contributed by atoms with E-state index in [1.54, 1.807) is 18.1 Å². The Morgan fingerprint density at radius 2 is 2.12 bits per heavy atom. The second kappa shape index (κ2) is 10.0. The standard InChI is InChI=1S/C23H23ClFN5O3/c1-3-22(31)30-11-15(12-30)28-20-9-16-19(10-21(20)33-7-6-32-2)26-13-27-23(16)29-14-4-5-18(25)17(24)8-14/h3-5,8-10,13,15,28H,1,6-7,11-12H2,2H3,(H,26,27,29). The largest absolute Gasteiger partial charge is 0.489 e. The molecule has 10 heteroatoms. The number of halogens is 2. The van der Waals surface area contributed by atoms with Crippen LogP contribution in [-0.4, -0.2) is 60.2 Å². The highest BCUT2D eigenvalue weighted by Crippen LogP contribution is 2.35. The van der Waals surface area contributed by atoms with Crippen LogP contribution in [0.25, 0.3) is 10.9 Å². The molecule has 0 saturated carbocycles. The molecule has 172 valence electrons. The summed E-state index contributed by atoms with van der Waals surface area (Å²) in [6.45, 7) is 5.45. The van der Waals surface area contributed by atoms with E-state index in [4.69, 9.17) is 21.1 Å². The molecule has 4 rings (SSSR count). The molecule has 0 radical (unpaired) electrons. The lowest BCUT2D eigenvalue weighted by Crippen LogP contribution is -2.56. The molecule has 0 bridgehead atoms. The number of anilines is 3. The molecule has 2 heterocycles. The summed E-state index contributed by atoms with van der Waals surface area (Å²) in [7, 11) is 1.61. The van der Waals surface area contributed by atoms with Gasteiger partial charge in [0, 0.05) is 37.3 Å². The monoisotopic (exact) mass is 471 g/mol. The average molecular weight is 472 g/mol. The summed E-state index contributed by atoms with van der Waals surface area (Å²) in [6.07, 6.45) is 2.75. The van der Waals surface area contributed by atoms with E-state index in [0.717, 1.165) is 11.1 Å². The first-order valence-corrected chi connectivity index (χ1v) is 10.7. The summed E-state index contributed by atoms with van der Waals surface area (Å²) >= 11 is 5.91. The number of rotatable bonds is 9. The molecule has 0 aliphatic carbocycles. The fourth-order valence-corrected chi connectivity index (χ4v) is 3.64. The van der Waals surface area contributed by atoms with E-state index in [9.17, 15) is 9.18 Å². The number of carbonyl (C=O) groups is 1. The van der Waals surface area contributed by atoms with Crippen molar-refractivity contribution in [3.05, 3.63) is 60.2 Å². The van der Waals surface area contributed by atoms with Crippen molar-refractivity contribution < 1.29 is 18.7 Å². The second-order valence-electron chi connectivity index (χ2n) is 7.47. The molecule has 0 atom stereocenters. The van der Waals surface area contributed by atoms with Crippen LogP contribution in [0.4, 0.5) is 21.6 Å². The Kier molecular flexibility index (Phi) is 6.90. The Bertz CT molecular complexity index is 1190. The smallest absolute Gasteiger partial charge is 0.246 e. The van der Waals surface area contributed by atoms with Gasteiger partial charge in [-0.2, -0.15) is 0 Å². The van der Waals surface area contributed by atoms with Crippen LogP contribution in [0.5, 0.6) is 5.75 Å². The van der Waals surface area contributed by atoms with Crippen LogP contribution in [0.3, 0.4) is 0 Å². The quantitative estimate of drug-likeness (QED) is 0.360. The number of nitrogens with zero attached hydrogens (tertiary/aromatic N) is 3. The zero-order valence-corrected chi connectivity index (χ0v) is 18.7. The van der Waals surface area contributed by atoms with Crippen molar-refractivity contribution in [3.63, 3.8) is 0 Å². The topological polar surface area (TPSA) is 88.6 Å². The van der Waals surface area contributed by atoms with E-state index in [2.05, 4.69) is 27.2 Å². The fourth-order valence-electron chi connectivity index (χ4n) is 3.46. The Balaban J connectivity index is 1.63. The molecule has 3 aromatic rings. The first-order valence-electron chi connectivity index (χ1n) is 10.3. The van der Waals surface area contributed by atoms with Gasteiger partial charge in [-0.3, -0.25) is 4.79 Å². The molecule has 1 fully saturated rings. The minimum absolute atomic E-state index is 0.0122. The van der Waals surface area contributed by atoms with Gasteiger partial charge in [0.05, 0.1) is 28.9 Å². The lowest BCUT2D eigenvalue weighted by atomic mass is 10.1. The molecule has 1 aromatic heterocycles. The highest BCUT2D eigenvalue weighted by Gasteiger charge is 2.30. The van der Waals surface area contributed by atoms with Gasteiger partial charge in [0.1, 0.15) is 30.3 Å². The van der Waals surface area contributed by atoms with Crippen LogP contribution in [0.2, 0.25) is 5.02 Å². The minimum Gasteiger partial charge on any atom is -0.489 e. The number of fused-ring (bicyclic) bond motifs is 1. The van der Waals surface area contributed by atoms with Crippen LogP contribution in [-0.2, 0) is 9.53 Å². The van der Waals surface area contributed by atoms with Crippen molar-refractivity contribution in [2.24, 2.45) is 0 Å². The number of hydrogen-bond donors (Lipinski definition) is 2. The van der Waals surface area contributed by atoms with Crippen LogP contribution in [0, 0.1) is 5.82 Å². The maximum absolute atomic E-state index is 13.5. The van der Waals surface area contributed by atoms with Crippen molar-refractivity contribution in [3.8, 4) is 5.75 Å². The zero-order valence-electron chi connectivity index (χ0n) is 18.0. The molecule has 8 nitrogen and oxygen atoms in total. The lowest BCUT2D eigenvalue weighted by Gasteiger charge is -2.39. The van der Waals surface area contributed by atoms with E-state index in [1.165, 1.54) is 24.5 Å². The predicted octanol–water partition coefficient (Wildman–Crippen LogP) is 4.00. The normalized spacial score (nSPS) is 13.5. The summed E-state index contributed by atoms with van der Waals surface area (Å²) < 4.78 is 24.5. The van der Waals surface area contributed by atoms with Crippen LogP contribution >= 0.6 is 11.6 Å². The Morgan fingerprint density at radius 1 is 1.30 bits per heavy atom. The number of hydrogen-bond acceptors (Lipinski definition) is 7. The number of nitrogens with one attached hydrogen (secondary N) is 2. The van der Waals surface area contributed by atoms with Crippen molar-refractivity contribution >= 4 is 45.6 Å². The maximum Gasteiger partial charge on any atom is 0.246 e. The van der Waals surface area contributed by atoms with Gasteiger partial charge in [-0.1, -0.05) is 18.2 Å². The summed E-state index contributed by atoms with van der Waals surface area (Å²) in [5, 5.41) is 7.35. The van der Waals surface area contributed by atoms with Gasteiger partial charge in [0.15, 0.2) is 0 Å². The number of ether oxygens (including phenoxy) is 2. The van der Waals surface area contributed by atoms with Gasteiger partial charge in [-0.05, 0) is 30.3 Å². The number of benzene rings is 2. The zero-order chi connectivity index (χ0) is 23.4. The predicted molar refractivity (Wildman–Crippen MR) is 126 cm³/mol. The van der Waals surface area contributed by atoms with Crippen LogP contribution < -0.4 is 15.4 Å². The molecular formula is C23H23ClFN5O3. The van der Waals surface area contributed by atoms with E-state index in [1.807, 2.05) is 12.1 Å². The van der Waals surface area contributed by atoms with E-state index < -0.39 is 5.82 Å². The van der Waals surface area contributed by atoms with Crippen LogP contribution in [0.1, 0.15) is 0 Å². The SMILES string of the molecule is C=CC(=O)N1CC(Nc2cc3c(Nc4ccc(F)c(Cl)c4)ncnc3cc2OCCOC)C1. The van der Waals surface area contributed by atoms with E-state index >= 15 is 0 Å². The molecule has 1 saturated heterocycles. The van der Waals surface area contributed by atoms with Gasteiger partial charge in [-0.25, -0.2) is 14.4 Å². The number of amides is 1. The Labute approximate surface area is 195 Å². The van der Waals surface area contributed by atoms with Gasteiger partial charge in [0.25, 0.3) is 0 Å². The number of aromatic nitrogens is 2. The van der Waals surface area contributed by atoms with Crippen LogP contribution in [0.15, 0.2) is 49.3 Å². The third-order valence-corrected chi connectivity index (χ3v) is 5.48. The average Bonchev–Trinajstić information content (AvgIpc) is 2.78. The van der Waals surface area contributed by atoms with Crippen molar-refractivity contribution in [2.45, 2.75) is 6.04 Å². The molecule has 1 amide bonds. The number of likely N-dealkylation sites (tertiary alicyclic amines) is 1. The van der Waals surface area contributed by atoms with E-state index in [0.29, 0.717) is 49.1 Å². The first kappa shape index (κ1) is 22.8. The van der Waals surface area contributed by atoms with E-state index in [-0.39, 0.29) is 17.0 Å². The molecular weight excluding hydrogens is 449 g/mol. The highest BCUT2D eigenvalue weighted by molar-refractivity contribution is 6.31. The Hall–Kier alpha value is -3.43. The lowest BCUT2D eigenvalue weighted by molar-refractivity contribution is -0.129. The highest BCUT2D eigenvalue weighted by atomic mass is 35.5. The summed E-state index contributed by atoms with van der Waals surface area (Å²) in [6, 6.07) is 8.14. The van der Waals surface area contributed by atoms with Gasteiger partial charge < -0.3 is 25.0 Å². The summed E-state index contributed by atoms with van der Waals surface area (Å²) in [5.74, 6) is 0.554. The molecule has 0 unspecified atom stereocenters. The first-order chi connectivity index (χ1) is 16.0. The molecule has 33 heavy (non-hydrogen) atoms. The number of methoxy groups -OCH3 is 1. The van der Waals surface area contributed by atoms with Crippen molar-refractivity contribution in [1.29, 1.82) is 0 Å². The van der Waals surface area contributed by atoms with Gasteiger partial charge in [-0.15, -0.1) is 0 Å². The molecule has 0 spiro atoms.